The van der Waals surface area contributed by atoms with Gasteiger partial charge in [0.25, 0.3) is 0 Å². The second-order valence-corrected chi connectivity index (χ2v) is 5.35. The lowest BCUT2D eigenvalue weighted by molar-refractivity contribution is 0.459. The van der Waals surface area contributed by atoms with Crippen LogP contribution in [0.25, 0.3) is 0 Å². The lowest BCUT2D eigenvalue weighted by Gasteiger charge is -2.33. The summed E-state index contributed by atoms with van der Waals surface area (Å²) < 4.78 is 0. The monoisotopic (exact) mass is 289 g/mol. The van der Waals surface area contributed by atoms with Gasteiger partial charge in [-0.3, -0.25) is 0 Å². The van der Waals surface area contributed by atoms with Gasteiger partial charge in [-0.25, -0.2) is 0 Å². The third kappa shape index (κ3) is 3.84. The highest BCUT2D eigenvalue weighted by molar-refractivity contribution is 5.57. The highest BCUT2D eigenvalue weighted by Crippen LogP contribution is 2.31. The molecular formula is C20H19NO. The minimum Gasteiger partial charge on any atom is -0.506 e. The van der Waals surface area contributed by atoms with Crippen molar-refractivity contribution in [3.63, 3.8) is 0 Å². The molecule has 0 saturated carbocycles. The fraction of sp³-hybridized carbons (Fsp3) is 0.200. The van der Waals surface area contributed by atoms with E-state index in [-0.39, 0.29) is 5.75 Å². The summed E-state index contributed by atoms with van der Waals surface area (Å²) in [7, 11) is 0. The van der Waals surface area contributed by atoms with Crippen molar-refractivity contribution in [2.45, 2.75) is 24.8 Å². The van der Waals surface area contributed by atoms with Crippen LogP contribution in [0.2, 0.25) is 0 Å². The Bertz CT molecular complexity index is 676. The van der Waals surface area contributed by atoms with E-state index >= 15 is 0 Å². The van der Waals surface area contributed by atoms with Crippen LogP contribution in [0.3, 0.4) is 0 Å². The summed E-state index contributed by atoms with van der Waals surface area (Å²) in [5, 5.41) is 13.4. The van der Waals surface area contributed by atoms with Crippen molar-refractivity contribution >= 4 is 5.69 Å². The Morgan fingerprint density at radius 2 is 1.50 bits per heavy atom. The first-order valence-corrected chi connectivity index (χ1v) is 7.16. The zero-order valence-electron chi connectivity index (χ0n) is 12.4. The molecule has 0 unspecified atom stereocenters. The molecule has 0 heterocycles. The number of aromatic hydroxyl groups is 1. The van der Waals surface area contributed by atoms with E-state index in [1.54, 1.807) is 12.1 Å². The van der Waals surface area contributed by atoms with Gasteiger partial charge in [-0.2, -0.15) is 0 Å². The van der Waals surface area contributed by atoms with Gasteiger partial charge < -0.3 is 10.4 Å². The van der Waals surface area contributed by atoms with Gasteiger partial charge in [0, 0.05) is 12.8 Å². The topological polar surface area (TPSA) is 32.3 Å². The van der Waals surface area contributed by atoms with Crippen molar-refractivity contribution in [1.82, 2.24) is 0 Å². The van der Waals surface area contributed by atoms with E-state index in [0.717, 1.165) is 5.56 Å². The average Bonchev–Trinajstić information content (AvgIpc) is 2.51. The van der Waals surface area contributed by atoms with E-state index in [4.69, 9.17) is 12.8 Å². The first-order chi connectivity index (χ1) is 10.7. The molecule has 0 radical (unpaired) electrons. The normalized spacial score (nSPS) is 10.5. The zero-order valence-corrected chi connectivity index (χ0v) is 12.4. The van der Waals surface area contributed by atoms with E-state index in [2.05, 4.69) is 17.2 Å². The fourth-order valence-corrected chi connectivity index (χ4v) is 2.56. The van der Waals surface area contributed by atoms with Gasteiger partial charge in [0.15, 0.2) is 0 Å². The maximum Gasteiger partial charge on any atom is 0.138 e. The summed E-state index contributed by atoms with van der Waals surface area (Å²) >= 11 is 0. The van der Waals surface area contributed by atoms with Crippen LogP contribution in [-0.4, -0.2) is 10.6 Å². The van der Waals surface area contributed by atoms with Crippen LogP contribution in [-0.2, 0) is 6.42 Å². The number of nitrogens with one attached hydrogen (secondary N) is 1. The molecule has 2 heteroatoms. The molecule has 0 fully saturated rings. The van der Waals surface area contributed by atoms with Crippen molar-refractivity contribution in [2.75, 3.05) is 5.32 Å². The molecule has 0 aliphatic carbocycles. The molecule has 22 heavy (non-hydrogen) atoms. The molecule has 0 amide bonds. The van der Waals surface area contributed by atoms with Gasteiger partial charge in [0.05, 0.1) is 11.2 Å². The Hall–Kier alpha value is -2.84. The van der Waals surface area contributed by atoms with Crippen molar-refractivity contribution in [2.24, 2.45) is 0 Å². The Labute approximate surface area is 132 Å². The molecular weight excluding hydrogens is 270 g/mol. The third-order valence-electron chi connectivity index (χ3n) is 3.57. The van der Waals surface area contributed by atoms with Gasteiger partial charge >= 0.3 is 0 Å². The Morgan fingerprint density at radius 1 is 0.909 bits per heavy atom. The molecule has 0 aromatic heterocycles. The molecule has 2 aromatic carbocycles. The third-order valence-corrected chi connectivity index (χ3v) is 3.57. The van der Waals surface area contributed by atoms with Gasteiger partial charge in [-0.15, -0.1) is 24.7 Å². The van der Waals surface area contributed by atoms with Gasteiger partial charge in [0.2, 0.25) is 0 Å². The van der Waals surface area contributed by atoms with Crippen LogP contribution in [0.15, 0.2) is 54.6 Å². The van der Waals surface area contributed by atoms with Crippen LogP contribution in [0.4, 0.5) is 5.69 Å². The summed E-state index contributed by atoms with van der Waals surface area (Å²) in [6, 6.07) is 17.2. The quantitative estimate of drug-likeness (QED) is 0.625. The number of phenolic OH excluding ortho intramolecular Hbond substituents is 1. The molecule has 0 spiro atoms. The van der Waals surface area contributed by atoms with E-state index in [1.807, 2.05) is 42.5 Å². The molecule has 2 aromatic rings. The number of para-hydroxylation sites is 2. The second-order valence-electron chi connectivity index (χ2n) is 5.35. The smallest absolute Gasteiger partial charge is 0.138 e. The van der Waals surface area contributed by atoms with E-state index < -0.39 is 5.54 Å². The molecule has 0 bridgehead atoms. The summed E-state index contributed by atoms with van der Waals surface area (Å²) in [5.74, 6) is 5.62. The van der Waals surface area contributed by atoms with Crippen LogP contribution in [0, 0.1) is 24.7 Å². The summed E-state index contributed by atoms with van der Waals surface area (Å²) in [6.07, 6.45) is 12.8. The Balaban J connectivity index is 2.34. The molecule has 0 aliphatic heterocycles. The van der Waals surface area contributed by atoms with E-state index in [0.29, 0.717) is 24.9 Å². The molecule has 0 atom stereocenters. The number of phenols is 1. The lowest BCUT2D eigenvalue weighted by Crippen LogP contribution is -2.40. The van der Waals surface area contributed by atoms with Crippen LogP contribution in [0.5, 0.6) is 5.75 Å². The van der Waals surface area contributed by atoms with E-state index in [1.165, 1.54) is 0 Å². The summed E-state index contributed by atoms with van der Waals surface area (Å²) in [5.41, 5.74) is 1.31. The Kier molecular flexibility index (Phi) is 5.12. The number of rotatable bonds is 6. The maximum absolute atomic E-state index is 10.0. The van der Waals surface area contributed by atoms with Crippen molar-refractivity contribution in [3.05, 3.63) is 60.2 Å². The Morgan fingerprint density at radius 3 is 2.09 bits per heavy atom. The largest absolute Gasteiger partial charge is 0.506 e. The van der Waals surface area contributed by atoms with Crippen LogP contribution in [0.1, 0.15) is 18.4 Å². The molecule has 2 N–H and O–H groups in total. The van der Waals surface area contributed by atoms with Crippen molar-refractivity contribution < 1.29 is 5.11 Å². The number of hydrogen-bond acceptors (Lipinski definition) is 2. The van der Waals surface area contributed by atoms with Gasteiger partial charge in [-0.05, 0) is 24.1 Å². The predicted octanol–water partition coefficient (Wildman–Crippen LogP) is 3.83. The van der Waals surface area contributed by atoms with Gasteiger partial charge in [0.1, 0.15) is 5.75 Å². The second kappa shape index (κ2) is 7.25. The minimum absolute atomic E-state index is 0.189. The molecule has 0 aliphatic rings. The number of terminal acetylenes is 2. The zero-order chi connectivity index (χ0) is 15.8. The first-order valence-electron chi connectivity index (χ1n) is 7.16. The average molecular weight is 289 g/mol. The van der Waals surface area contributed by atoms with E-state index in [9.17, 15) is 5.11 Å². The first kappa shape index (κ1) is 15.5. The SMILES string of the molecule is C#CCC(CC#C)(Cc1ccccc1)Nc1ccccc1O. The predicted molar refractivity (Wildman–Crippen MR) is 91.5 cm³/mol. The summed E-state index contributed by atoms with van der Waals surface area (Å²) in [4.78, 5) is 0. The lowest BCUT2D eigenvalue weighted by atomic mass is 9.84. The molecule has 2 nitrogen and oxygen atoms in total. The number of anilines is 1. The standard InChI is InChI=1S/C20H19NO/c1-3-14-20(15-4-2,16-17-10-6-5-7-11-17)21-18-12-8-9-13-19(18)22/h1-2,5-13,21-22H,14-16H2. The van der Waals surface area contributed by atoms with Crippen molar-refractivity contribution in [1.29, 1.82) is 0 Å². The molecule has 2 rings (SSSR count). The number of benzene rings is 2. The molecule has 110 valence electrons. The number of hydrogen-bond donors (Lipinski definition) is 2. The maximum atomic E-state index is 10.0. The van der Waals surface area contributed by atoms with Crippen molar-refractivity contribution in [3.8, 4) is 30.4 Å². The molecule has 0 saturated heterocycles. The minimum atomic E-state index is -0.482. The summed E-state index contributed by atoms with van der Waals surface area (Å²) in [6.45, 7) is 0. The fourth-order valence-electron chi connectivity index (χ4n) is 2.56. The van der Waals surface area contributed by atoms with Crippen LogP contribution >= 0.6 is 0 Å². The van der Waals surface area contributed by atoms with Crippen LogP contribution < -0.4 is 5.32 Å². The highest BCUT2D eigenvalue weighted by atomic mass is 16.3. The van der Waals surface area contributed by atoms with Gasteiger partial charge in [-0.1, -0.05) is 42.5 Å². The highest BCUT2D eigenvalue weighted by Gasteiger charge is 2.29.